The van der Waals surface area contributed by atoms with E-state index in [-0.39, 0.29) is 12.4 Å². The van der Waals surface area contributed by atoms with Gasteiger partial charge >= 0.3 is 0 Å². The minimum atomic E-state index is 0. The van der Waals surface area contributed by atoms with Crippen LogP contribution in [0.3, 0.4) is 0 Å². The molecule has 1 N–H and O–H groups in total. The molecular weight excluding hydrogens is 256 g/mol. The van der Waals surface area contributed by atoms with Gasteiger partial charge < -0.3 is 10.2 Å². The predicted molar refractivity (Wildman–Crippen MR) is 83.9 cm³/mol. The molecule has 19 heavy (non-hydrogen) atoms. The highest BCUT2D eigenvalue weighted by atomic mass is 35.5. The molecule has 3 heteroatoms. The fourth-order valence-corrected chi connectivity index (χ4v) is 4.30. The van der Waals surface area contributed by atoms with Crippen LogP contribution in [0.4, 0.5) is 0 Å². The van der Waals surface area contributed by atoms with E-state index in [1.165, 1.54) is 64.7 Å². The first-order chi connectivity index (χ1) is 8.62. The second-order valence-electron chi connectivity index (χ2n) is 7.77. The summed E-state index contributed by atoms with van der Waals surface area (Å²) >= 11 is 0. The van der Waals surface area contributed by atoms with Crippen LogP contribution in [0, 0.1) is 17.3 Å². The predicted octanol–water partition coefficient (Wildman–Crippen LogP) is 3.31. The lowest BCUT2D eigenvalue weighted by Gasteiger charge is -2.40. The number of piperidine rings is 1. The van der Waals surface area contributed by atoms with Crippen LogP contribution in [-0.4, -0.2) is 37.1 Å². The molecule has 0 amide bonds. The van der Waals surface area contributed by atoms with Crippen LogP contribution in [0.1, 0.15) is 52.4 Å². The Bertz CT molecular complexity index is 282. The van der Waals surface area contributed by atoms with Crippen LogP contribution in [0.25, 0.3) is 0 Å². The van der Waals surface area contributed by atoms with Crippen LogP contribution in [0.15, 0.2) is 0 Å². The number of nitrogens with one attached hydrogen (secondary N) is 1. The van der Waals surface area contributed by atoms with Crippen molar-refractivity contribution in [2.24, 2.45) is 17.3 Å². The van der Waals surface area contributed by atoms with Crippen molar-refractivity contribution in [1.82, 2.24) is 10.2 Å². The third-order valence-corrected chi connectivity index (χ3v) is 5.71. The molecule has 0 spiro atoms. The average molecular weight is 287 g/mol. The van der Waals surface area contributed by atoms with Gasteiger partial charge in [-0.25, -0.2) is 0 Å². The molecule has 2 aliphatic heterocycles. The first kappa shape index (κ1) is 15.6. The Hall–Kier alpha value is 0.210. The van der Waals surface area contributed by atoms with E-state index in [9.17, 15) is 0 Å². The molecule has 112 valence electrons. The SMILES string of the molecule is CC1(C)CCC(CN2CCC3NCCC3C2)CC1.Cl. The zero-order chi connectivity index (χ0) is 12.6. The number of hydrogen-bond acceptors (Lipinski definition) is 2. The molecule has 0 aromatic carbocycles. The van der Waals surface area contributed by atoms with Crippen molar-refractivity contribution in [2.45, 2.75) is 58.4 Å². The first-order valence-electron chi connectivity index (χ1n) is 8.08. The Morgan fingerprint density at radius 3 is 2.58 bits per heavy atom. The van der Waals surface area contributed by atoms with Gasteiger partial charge in [-0.1, -0.05) is 13.8 Å². The fraction of sp³-hybridized carbons (Fsp3) is 1.00. The van der Waals surface area contributed by atoms with Gasteiger partial charge in [-0.05, 0) is 68.9 Å². The van der Waals surface area contributed by atoms with Crippen molar-refractivity contribution >= 4 is 12.4 Å². The lowest BCUT2D eigenvalue weighted by atomic mass is 9.73. The van der Waals surface area contributed by atoms with Crippen molar-refractivity contribution in [3.05, 3.63) is 0 Å². The van der Waals surface area contributed by atoms with Gasteiger partial charge in [0.25, 0.3) is 0 Å². The number of rotatable bonds is 2. The second kappa shape index (κ2) is 6.32. The summed E-state index contributed by atoms with van der Waals surface area (Å²) in [4.78, 5) is 2.77. The standard InChI is InChI=1S/C16H30N2.ClH/c1-16(2)7-3-13(4-8-16)11-18-10-6-15-14(12-18)5-9-17-15;/h13-15,17H,3-12H2,1-2H3;1H. The van der Waals surface area contributed by atoms with Gasteiger partial charge in [0.1, 0.15) is 0 Å². The van der Waals surface area contributed by atoms with Crippen molar-refractivity contribution in [2.75, 3.05) is 26.2 Å². The largest absolute Gasteiger partial charge is 0.314 e. The molecule has 2 heterocycles. The summed E-state index contributed by atoms with van der Waals surface area (Å²) in [5.41, 5.74) is 0.624. The molecule has 0 aromatic rings. The van der Waals surface area contributed by atoms with Crippen molar-refractivity contribution in [3.8, 4) is 0 Å². The van der Waals surface area contributed by atoms with Crippen molar-refractivity contribution < 1.29 is 0 Å². The number of hydrogen-bond donors (Lipinski definition) is 1. The summed E-state index contributed by atoms with van der Waals surface area (Å²) in [7, 11) is 0. The van der Waals surface area contributed by atoms with Crippen LogP contribution in [0.2, 0.25) is 0 Å². The topological polar surface area (TPSA) is 15.3 Å². The molecule has 1 aliphatic carbocycles. The molecule has 0 aromatic heterocycles. The summed E-state index contributed by atoms with van der Waals surface area (Å²) < 4.78 is 0. The van der Waals surface area contributed by atoms with E-state index in [0.717, 1.165) is 17.9 Å². The highest BCUT2D eigenvalue weighted by Crippen LogP contribution is 2.38. The first-order valence-corrected chi connectivity index (χ1v) is 8.08. The Kier molecular flexibility index (Phi) is 5.19. The highest BCUT2D eigenvalue weighted by Gasteiger charge is 2.34. The minimum Gasteiger partial charge on any atom is -0.314 e. The van der Waals surface area contributed by atoms with Gasteiger partial charge in [0, 0.05) is 19.1 Å². The Labute approximate surface area is 125 Å². The smallest absolute Gasteiger partial charge is 0.0120 e. The molecule has 0 radical (unpaired) electrons. The van der Waals surface area contributed by atoms with E-state index in [2.05, 4.69) is 24.1 Å². The molecule has 1 saturated carbocycles. The number of likely N-dealkylation sites (tertiary alicyclic amines) is 1. The number of halogens is 1. The monoisotopic (exact) mass is 286 g/mol. The van der Waals surface area contributed by atoms with E-state index in [1.54, 1.807) is 0 Å². The molecule has 3 fully saturated rings. The van der Waals surface area contributed by atoms with E-state index in [0.29, 0.717) is 5.41 Å². The normalized spacial score (nSPS) is 35.7. The van der Waals surface area contributed by atoms with Crippen LogP contribution in [0.5, 0.6) is 0 Å². The van der Waals surface area contributed by atoms with E-state index < -0.39 is 0 Å². The molecule has 2 saturated heterocycles. The third kappa shape index (κ3) is 3.86. The van der Waals surface area contributed by atoms with Crippen LogP contribution >= 0.6 is 12.4 Å². The third-order valence-electron chi connectivity index (χ3n) is 5.71. The van der Waals surface area contributed by atoms with E-state index in [4.69, 9.17) is 0 Å². The maximum atomic E-state index is 3.67. The van der Waals surface area contributed by atoms with Gasteiger partial charge in [-0.15, -0.1) is 12.4 Å². The quantitative estimate of drug-likeness (QED) is 0.838. The maximum absolute atomic E-state index is 3.67. The summed E-state index contributed by atoms with van der Waals surface area (Å²) in [5, 5.41) is 3.67. The second-order valence-corrected chi connectivity index (χ2v) is 7.77. The van der Waals surface area contributed by atoms with Gasteiger partial charge in [0.2, 0.25) is 0 Å². The summed E-state index contributed by atoms with van der Waals surface area (Å²) in [5.74, 6) is 1.95. The van der Waals surface area contributed by atoms with Gasteiger partial charge in [-0.2, -0.15) is 0 Å². The maximum Gasteiger partial charge on any atom is 0.0120 e. The summed E-state index contributed by atoms with van der Waals surface area (Å²) in [6, 6.07) is 0.853. The van der Waals surface area contributed by atoms with E-state index >= 15 is 0 Å². The minimum absolute atomic E-state index is 0. The molecule has 2 nitrogen and oxygen atoms in total. The van der Waals surface area contributed by atoms with Gasteiger partial charge in [0.15, 0.2) is 0 Å². The molecule has 2 unspecified atom stereocenters. The molecular formula is C16H31ClN2. The Morgan fingerprint density at radius 2 is 1.84 bits per heavy atom. The Morgan fingerprint density at radius 1 is 1.11 bits per heavy atom. The zero-order valence-corrected chi connectivity index (χ0v) is 13.5. The summed E-state index contributed by atoms with van der Waals surface area (Å²) in [6.07, 6.45) is 8.63. The average Bonchev–Trinajstić information content (AvgIpc) is 2.79. The lowest BCUT2D eigenvalue weighted by Crippen LogP contribution is -2.46. The molecule has 0 bridgehead atoms. The van der Waals surface area contributed by atoms with Crippen LogP contribution in [-0.2, 0) is 0 Å². The fourth-order valence-electron chi connectivity index (χ4n) is 4.30. The van der Waals surface area contributed by atoms with Gasteiger partial charge in [0.05, 0.1) is 0 Å². The molecule has 2 atom stereocenters. The van der Waals surface area contributed by atoms with Crippen molar-refractivity contribution in [1.29, 1.82) is 0 Å². The number of fused-ring (bicyclic) bond motifs is 1. The summed E-state index contributed by atoms with van der Waals surface area (Å²) in [6.45, 7) is 10.3. The van der Waals surface area contributed by atoms with Gasteiger partial charge in [-0.3, -0.25) is 0 Å². The highest BCUT2D eigenvalue weighted by molar-refractivity contribution is 5.85. The van der Waals surface area contributed by atoms with Crippen LogP contribution < -0.4 is 5.32 Å². The Balaban J connectivity index is 0.00000133. The molecule has 3 rings (SSSR count). The zero-order valence-electron chi connectivity index (χ0n) is 12.7. The lowest BCUT2D eigenvalue weighted by molar-refractivity contribution is 0.106. The molecule has 3 aliphatic rings. The van der Waals surface area contributed by atoms with E-state index in [1.807, 2.05) is 0 Å². The van der Waals surface area contributed by atoms with Crippen molar-refractivity contribution in [3.63, 3.8) is 0 Å². The number of nitrogens with zero attached hydrogens (tertiary/aromatic N) is 1.